The second-order valence-corrected chi connectivity index (χ2v) is 7.37. The van der Waals surface area contributed by atoms with Crippen LogP contribution in [0.1, 0.15) is 38.8 Å². The molecule has 0 spiro atoms. The van der Waals surface area contributed by atoms with Crippen LogP contribution in [0.5, 0.6) is 0 Å². The summed E-state index contributed by atoms with van der Waals surface area (Å²) < 4.78 is 10.4. The van der Waals surface area contributed by atoms with E-state index in [0.29, 0.717) is 13.1 Å². The molecule has 1 aromatic rings. The highest BCUT2D eigenvalue weighted by atomic mass is 16.6. The molecule has 2 atom stereocenters. The monoisotopic (exact) mass is 348 g/mol. The Labute approximate surface area is 149 Å². The van der Waals surface area contributed by atoms with E-state index in [9.17, 15) is 9.59 Å². The predicted molar refractivity (Wildman–Crippen MR) is 95.2 cm³/mol. The van der Waals surface area contributed by atoms with Gasteiger partial charge in [0.15, 0.2) is 0 Å². The minimum absolute atomic E-state index is 0.0665. The molecular weight excluding hydrogens is 320 g/mol. The fourth-order valence-electron chi connectivity index (χ4n) is 3.06. The van der Waals surface area contributed by atoms with Crippen molar-refractivity contribution >= 4 is 12.1 Å². The summed E-state index contributed by atoms with van der Waals surface area (Å²) in [5, 5.41) is 0. The number of carbonyl (C=O) groups is 2. The molecule has 0 radical (unpaired) electrons. The van der Waals surface area contributed by atoms with Gasteiger partial charge in [0.25, 0.3) is 0 Å². The highest BCUT2D eigenvalue weighted by Gasteiger charge is 2.37. The number of ether oxygens (including phenoxy) is 2. The Hall–Kier alpha value is -2.08. The summed E-state index contributed by atoms with van der Waals surface area (Å²) in [6.45, 7) is 6.71. The average molecular weight is 348 g/mol. The molecule has 1 fully saturated rings. The maximum atomic E-state index is 12.3. The van der Waals surface area contributed by atoms with Gasteiger partial charge < -0.3 is 14.4 Å². The lowest BCUT2D eigenvalue weighted by Crippen LogP contribution is -2.42. The van der Waals surface area contributed by atoms with Crippen molar-refractivity contribution in [2.45, 2.75) is 44.9 Å². The van der Waals surface area contributed by atoms with Crippen LogP contribution < -0.4 is 0 Å². The Bertz CT molecular complexity index is 597. The molecule has 2 rings (SSSR count). The van der Waals surface area contributed by atoms with E-state index in [-0.39, 0.29) is 18.1 Å². The first-order valence-electron chi connectivity index (χ1n) is 8.55. The number of methoxy groups -OCH3 is 1. The number of benzene rings is 1. The lowest BCUT2D eigenvalue weighted by molar-refractivity contribution is -0.147. The second kappa shape index (κ2) is 7.87. The zero-order valence-corrected chi connectivity index (χ0v) is 15.7. The van der Waals surface area contributed by atoms with Crippen LogP contribution in [-0.2, 0) is 14.3 Å². The third-order valence-electron chi connectivity index (χ3n) is 4.34. The first-order chi connectivity index (χ1) is 11.7. The van der Waals surface area contributed by atoms with Gasteiger partial charge in [-0.3, -0.25) is 4.90 Å². The number of nitrogens with zero attached hydrogens (tertiary/aromatic N) is 2. The van der Waals surface area contributed by atoms with Gasteiger partial charge in [-0.25, -0.2) is 9.59 Å². The van der Waals surface area contributed by atoms with Gasteiger partial charge in [-0.15, -0.1) is 0 Å². The normalized spacial score (nSPS) is 19.0. The second-order valence-electron chi connectivity index (χ2n) is 7.37. The van der Waals surface area contributed by atoms with Crippen molar-refractivity contribution in [3.05, 3.63) is 35.9 Å². The molecule has 1 heterocycles. The van der Waals surface area contributed by atoms with E-state index in [1.54, 1.807) is 4.90 Å². The van der Waals surface area contributed by atoms with Crippen LogP contribution in [-0.4, -0.2) is 60.8 Å². The van der Waals surface area contributed by atoms with Gasteiger partial charge in [-0.2, -0.15) is 0 Å². The Morgan fingerprint density at radius 2 is 1.88 bits per heavy atom. The topological polar surface area (TPSA) is 59.1 Å². The standard InChI is InChI=1S/C19H28N2O4/c1-19(2,3)25-18(23)21-12-11-15(13-21)20(4)16(17(22)24-5)14-9-7-6-8-10-14/h6-10,15-16H,11-13H2,1-5H3/t15?,16-/m1/s1. The highest BCUT2D eigenvalue weighted by Crippen LogP contribution is 2.27. The molecule has 0 aliphatic carbocycles. The average Bonchev–Trinajstić information content (AvgIpc) is 3.04. The van der Waals surface area contributed by atoms with Crippen molar-refractivity contribution in [1.82, 2.24) is 9.80 Å². The largest absolute Gasteiger partial charge is 0.468 e. The van der Waals surface area contributed by atoms with E-state index >= 15 is 0 Å². The van der Waals surface area contributed by atoms with Gasteiger partial charge in [0.1, 0.15) is 11.6 Å². The third-order valence-corrected chi connectivity index (χ3v) is 4.34. The summed E-state index contributed by atoms with van der Waals surface area (Å²) >= 11 is 0. The van der Waals surface area contributed by atoms with E-state index in [2.05, 4.69) is 0 Å². The van der Waals surface area contributed by atoms with Crippen molar-refractivity contribution in [2.24, 2.45) is 0 Å². The molecule has 1 saturated heterocycles. The first-order valence-corrected chi connectivity index (χ1v) is 8.55. The number of likely N-dealkylation sites (tertiary alicyclic amines) is 1. The Morgan fingerprint density at radius 3 is 2.44 bits per heavy atom. The van der Waals surface area contributed by atoms with Gasteiger partial charge in [0.2, 0.25) is 0 Å². The van der Waals surface area contributed by atoms with E-state index in [1.165, 1.54) is 7.11 Å². The number of esters is 1. The lowest BCUT2D eigenvalue weighted by atomic mass is 10.0. The molecule has 1 unspecified atom stereocenters. The summed E-state index contributed by atoms with van der Waals surface area (Å²) in [7, 11) is 3.30. The number of amides is 1. The van der Waals surface area contributed by atoms with Crippen LogP contribution >= 0.6 is 0 Å². The third kappa shape index (κ3) is 4.95. The molecule has 6 nitrogen and oxygen atoms in total. The smallest absolute Gasteiger partial charge is 0.410 e. The minimum atomic E-state index is -0.514. The molecular formula is C19H28N2O4. The predicted octanol–water partition coefficient (Wildman–Crippen LogP) is 2.84. The summed E-state index contributed by atoms with van der Waals surface area (Å²) in [5.74, 6) is -0.301. The minimum Gasteiger partial charge on any atom is -0.468 e. The molecule has 1 aliphatic rings. The molecule has 1 amide bonds. The molecule has 0 bridgehead atoms. The molecule has 0 N–H and O–H groups in total. The maximum Gasteiger partial charge on any atom is 0.410 e. The van der Waals surface area contributed by atoms with Gasteiger partial charge in [-0.1, -0.05) is 30.3 Å². The lowest BCUT2D eigenvalue weighted by Gasteiger charge is -2.31. The summed E-state index contributed by atoms with van der Waals surface area (Å²) in [6.07, 6.45) is 0.480. The fraction of sp³-hybridized carbons (Fsp3) is 0.579. The zero-order chi connectivity index (χ0) is 18.6. The molecule has 0 aromatic heterocycles. The fourth-order valence-corrected chi connectivity index (χ4v) is 3.06. The Balaban J connectivity index is 2.09. The highest BCUT2D eigenvalue weighted by molar-refractivity contribution is 5.77. The number of rotatable bonds is 4. The van der Waals surface area contributed by atoms with Crippen molar-refractivity contribution in [2.75, 3.05) is 27.2 Å². The number of carbonyl (C=O) groups excluding carboxylic acids is 2. The SMILES string of the molecule is COC(=O)[C@@H](c1ccccc1)N(C)C1CCN(C(=O)OC(C)(C)C)C1. The Kier molecular flexibility index (Phi) is 6.06. The van der Waals surface area contributed by atoms with Gasteiger partial charge in [-0.05, 0) is 39.8 Å². The maximum absolute atomic E-state index is 12.3. The number of hydrogen-bond donors (Lipinski definition) is 0. The quantitative estimate of drug-likeness (QED) is 0.783. The summed E-state index contributed by atoms with van der Waals surface area (Å²) in [5.41, 5.74) is 0.368. The molecule has 1 aliphatic heterocycles. The van der Waals surface area contributed by atoms with E-state index in [1.807, 2.05) is 63.1 Å². The molecule has 1 aromatic carbocycles. The van der Waals surface area contributed by atoms with Crippen LogP contribution in [0.4, 0.5) is 4.79 Å². The van der Waals surface area contributed by atoms with Gasteiger partial charge in [0, 0.05) is 19.1 Å². The van der Waals surface area contributed by atoms with Gasteiger partial charge >= 0.3 is 12.1 Å². The first kappa shape index (κ1) is 19.2. The van der Waals surface area contributed by atoms with E-state index < -0.39 is 11.6 Å². The molecule has 6 heteroatoms. The van der Waals surface area contributed by atoms with Crippen LogP contribution in [0.15, 0.2) is 30.3 Å². The Morgan fingerprint density at radius 1 is 1.24 bits per heavy atom. The van der Waals surface area contributed by atoms with Crippen LogP contribution in [0.3, 0.4) is 0 Å². The zero-order valence-electron chi connectivity index (χ0n) is 15.7. The summed E-state index contributed by atoms with van der Waals surface area (Å²) in [4.78, 5) is 28.3. The van der Waals surface area contributed by atoms with Crippen molar-refractivity contribution in [1.29, 1.82) is 0 Å². The summed E-state index contributed by atoms with van der Waals surface area (Å²) in [6, 6.07) is 9.13. The molecule has 25 heavy (non-hydrogen) atoms. The van der Waals surface area contributed by atoms with Crippen molar-refractivity contribution in [3.63, 3.8) is 0 Å². The van der Waals surface area contributed by atoms with Crippen LogP contribution in [0.25, 0.3) is 0 Å². The van der Waals surface area contributed by atoms with E-state index in [4.69, 9.17) is 9.47 Å². The van der Waals surface area contributed by atoms with E-state index in [0.717, 1.165) is 12.0 Å². The number of likely N-dealkylation sites (N-methyl/N-ethyl adjacent to an activating group) is 1. The number of hydrogen-bond acceptors (Lipinski definition) is 5. The van der Waals surface area contributed by atoms with Crippen molar-refractivity contribution < 1.29 is 19.1 Å². The van der Waals surface area contributed by atoms with Gasteiger partial charge in [0.05, 0.1) is 7.11 Å². The van der Waals surface area contributed by atoms with Crippen molar-refractivity contribution in [3.8, 4) is 0 Å². The van der Waals surface area contributed by atoms with Crippen LogP contribution in [0.2, 0.25) is 0 Å². The molecule has 138 valence electrons. The molecule has 0 saturated carbocycles. The van der Waals surface area contributed by atoms with Crippen LogP contribution in [0, 0.1) is 0 Å².